The summed E-state index contributed by atoms with van der Waals surface area (Å²) in [6.07, 6.45) is 1.71. The van der Waals surface area contributed by atoms with E-state index in [-0.39, 0.29) is 14.9 Å². The monoisotopic (exact) mass is 328 g/mol. The van der Waals surface area contributed by atoms with Gasteiger partial charge >= 0.3 is 0 Å². The number of halogens is 1. The summed E-state index contributed by atoms with van der Waals surface area (Å²) in [5.41, 5.74) is 4.34. The highest BCUT2D eigenvalue weighted by atomic mass is 79.9. The van der Waals surface area contributed by atoms with Gasteiger partial charge in [0.25, 0.3) is 0 Å². The second-order valence-corrected chi connectivity index (χ2v) is 4.53. The Morgan fingerprint density at radius 2 is 1.42 bits per heavy atom. The normalized spacial score (nSPS) is 8.68. The largest absolute Gasteiger partial charge is 0.342 e. The van der Waals surface area contributed by atoms with Gasteiger partial charge in [-0.3, -0.25) is 0 Å². The van der Waals surface area contributed by atoms with E-state index in [1.807, 2.05) is 27.7 Å². The first-order valence-electron chi connectivity index (χ1n) is 5.28. The van der Waals surface area contributed by atoms with E-state index in [0.29, 0.717) is 0 Å². The van der Waals surface area contributed by atoms with Crippen molar-refractivity contribution < 1.29 is 0 Å². The lowest BCUT2D eigenvalue weighted by atomic mass is 10.4. The van der Waals surface area contributed by atoms with Crippen molar-refractivity contribution in [2.45, 2.75) is 42.5 Å². The van der Waals surface area contributed by atoms with Crippen molar-refractivity contribution in [2.75, 3.05) is 0 Å². The molecular formula is C14H25BrN4. The minimum Gasteiger partial charge on any atom is -0.342 e. The van der Waals surface area contributed by atoms with E-state index in [1.54, 1.807) is 6.08 Å². The van der Waals surface area contributed by atoms with Crippen molar-refractivity contribution in [3.05, 3.63) is 39.9 Å². The number of aryl methyl sites for hydroxylation is 4. The van der Waals surface area contributed by atoms with E-state index in [0.717, 1.165) is 33.3 Å². The zero-order chi connectivity index (χ0) is 13.0. The Morgan fingerprint density at radius 1 is 0.947 bits per heavy atom. The molecule has 4 nitrogen and oxygen atoms in total. The highest BCUT2D eigenvalue weighted by Gasteiger charge is 1.96. The number of rotatable bonds is 1. The van der Waals surface area contributed by atoms with Gasteiger partial charge in [0.1, 0.15) is 5.82 Å². The smallest absolute Gasteiger partial charge is 0.174 e. The van der Waals surface area contributed by atoms with E-state index < -0.39 is 0 Å². The van der Waals surface area contributed by atoms with Crippen LogP contribution in [0.5, 0.6) is 0 Å². The van der Waals surface area contributed by atoms with Crippen LogP contribution in [0, 0.1) is 27.7 Å². The summed E-state index contributed by atoms with van der Waals surface area (Å²) in [5, 5.41) is 0. The Labute approximate surface area is 124 Å². The third kappa shape index (κ3) is 5.87. The van der Waals surface area contributed by atoms with Gasteiger partial charge in [0.2, 0.25) is 0 Å². The van der Waals surface area contributed by atoms with Gasteiger partial charge in [-0.25, -0.2) is 9.97 Å². The van der Waals surface area contributed by atoms with Crippen LogP contribution in [0.3, 0.4) is 0 Å². The molecule has 0 aliphatic carbocycles. The molecule has 0 radical (unpaired) electrons. The van der Waals surface area contributed by atoms with Crippen molar-refractivity contribution in [1.29, 1.82) is 0 Å². The molecule has 0 saturated heterocycles. The average Bonchev–Trinajstić information content (AvgIpc) is 2.72. The van der Waals surface area contributed by atoms with Gasteiger partial charge in [0.15, 0.2) is 4.73 Å². The molecule has 2 aromatic heterocycles. The lowest BCUT2D eigenvalue weighted by molar-refractivity contribution is 1.20. The molecule has 0 fully saturated rings. The molecule has 0 unspecified atom stereocenters. The molecule has 2 N–H and O–H groups in total. The van der Waals surface area contributed by atoms with Crippen molar-refractivity contribution >= 4 is 22.0 Å². The van der Waals surface area contributed by atoms with Crippen LogP contribution in [0.2, 0.25) is 0 Å². The summed E-state index contributed by atoms with van der Waals surface area (Å²) in [6, 6.07) is 0. The molecule has 2 aromatic rings. The van der Waals surface area contributed by atoms with Crippen LogP contribution in [0.4, 0.5) is 0 Å². The predicted molar refractivity (Wildman–Crippen MR) is 87.4 cm³/mol. The highest BCUT2D eigenvalue weighted by Crippen LogP contribution is 2.07. The van der Waals surface area contributed by atoms with Crippen LogP contribution in [0.1, 0.15) is 43.5 Å². The first-order valence-corrected chi connectivity index (χ1v) is 6.07. The number of imidazole rings is 2. The SMILES string of the molecule is C.C.C=Cc1nc(C)c(C)[nH]1.Cc1nc(Br)[nH]c1C. The van der Waals surface area contributed by atoms with E-state index >= 15 is 0 Å². The molecule has 19 heavy (non-hydrogen) atoms. The maximum absolute atomic E-state index is 4.16. The third-order valence-electron chi connectivity index (χ3n) is 2.44. The van der Waals surface area contributed by atoms with E-state index in [9.17, 15) is 0 Å². The maximum atomic E-state index is 4.16. The van der Waals surface area contributed by atoms with Crippen molar-refractivity contribution in [1.82, 2.24) is 19.9 Å². The zero-order valence-corrected chi connectivity index (χ0v) is 12.1. The van der Waals surface area contributed by atoms with E-state index in [1.165, 1.54) is 0 Å². The Balaban J connectivity index is 0. The molecular weight excluding hydrogens is 304 g/mol. The van der Waals surface area contributed by atoms with Crippen LogP contribution in [0.25, 0.3) is 6.08 Å². The van der Waals surface area contributed by atoms with Gasteiger partial charge < -0.3 is 9.97 Å². The lowest BCUT2D eigenvalue weighted by Crippen LogP contribution is -1.71. The molecule has 0 spiro atoms. The molecule has 0 bridgehead atoms. The van der Waals surface area contributed by atoms with Gasteiger partial charge in [-0.15, -0.1) is 0 Å². The number of aromatic amines is 2. The van der Waals surface area contributed by atoms with E-state index in [4.69, 9.17) is 0 Å². The fraction of sp³-hybridized carbons (Fsp3) is 0.429. The number of hydrogen-bond donors (Lipinski definition) is 2. The molecule has 0 aliphatic heterocycles. The number of aromatic nitrogens is 4. The summed E-state index contributed by atoms with van der Waals surface area (Å²) < 4.78 is 0.813. The molecule has 0 aromatic carbocycles. The number of nitrogens with zero attached hydrogens (tertiary/aromatic N) is 2. The van der Waals surface area contributed by atoms with Gasteiger partial charge in [-0.1, -0.05) is 21.4 Å². The summed E-state index contributed by atoms with van der Waals surface area (Å²) in [4.78, 5) is 14.3. The number of nitrogens with one attached hydrogen (secondary N) is 2. The zero-order valence-electron chi connectivity index (χ0n) is 10.6. The first-order chi connectivity index (χ1) is 7.93. The summed E-state index contributed by atoms with van der Waals surface area (Å²) in [6.45, 7) is 11.5. The number of hydrogen-bond acceptors (Lipinski definition) is 2. The van der Waals surface area contributed by atoms with Crippen LogP contribution in [-0.4, -0.2) is 19.9 Å². The minimum absolute atomic E-state index is 0. The molecule has 0 aliphatic rings. The maximum Gasteiger partial charge on any atom is 0.174 e. The molecule has 108 valence electrons. The van der Waals surface area contributed by atoms with Crippen molar-refractivity contribution in [2.24, 2.45) is 0 Å². The van der Waals surface area contributed by atoms with Gasteiger partial charge in [-0.05, 0) is 49.7 Å². The molecule has 0 saturated carbocycles. The van der Waals surface area contributed by atoms with Gasteiger partial charge in [0, 0.05) is 11.4 Å². The lowest BCUT2D eigenvalue weighted by Gasteiger charge is -1.79. The Kier molecular flexibility index (Phi) is 9.13. The Hall–Kier alpha value is -1.36. The van der Waals surface area contributed by atoms with Gasteiger partial charge in [-0.2, -0.15) is 0 Å². The molecule has 0 amide bonds. The number of H-pyrrole nitrogens is 2. The summed E-state index contributed by atoms with van der Waals surface area (Å²) in [5.74, 6) is 0.852. The van der Waals surface area contributed by atoms with Gasteiger partial charge in [0.05, 0.1) is 11.4 Å². The van der Waals surface area contributed by atoms with Crippen LogP contribution >= 0.6 is 15.9 Å². The van der Waals surface area contributed by atoms with Crippen molar-refractivity contribution in [3.63, 3.8) is 0 Å². The molecule has 0 atom stereocenters. The third-order valence-corrected chi connectivity index (χ3v) is 2.81. The average molecular weight is 329 g/mol. The topological polar surface area (TPSA) is 57.4 Å². The molecule has 2 heterocycles. The quantitative estimate of drug-likeness (QED) is 0.794. The van der Waals surface area contributed by atoms with Crippen LogP contribution in [-0.2, 0) is 0 Å². The molecule has 5 heteroatoms. The highest BCUT2D eigenvalue weighted by molar-refractivity contribution is 9.10. The predicted octanol–water partition coefficient (Wildman–Crippen LogP) is 4.73. The Bertz CT molecular complexity index is 472. The summed E-state index contributed by atoms with van der Waals surface area (Å²) >= 11 is 3.22. The minimum atomic E-state index is 0. The first kappa shape index (κ1) is 20.0. The second-order valence-electron chi connectivity index (χ2n) is 3.77. The second kappa shape index (κ2) is 8.69. The van der Waals surface area contributed by atoms with Crippen LogP contribution < -0.4 is 0 Å². The fourth-order valence-corrected chi connectivity index (χ4v) is 1.74. The molecule has 2 rings (SSSR count). The van der Waals surface area contributed by atoms with E-state index in [2.05, 4.69) is 42.4 Å². The summed E-state index contributed by atoms with van der Waals surface area (Å²) in [7, 11) is 0. The van der Waals surface area contributed by atoms with Crippen molar-refractivity contribution in [3.8, 4) is 0 Å². The Morgan fingerprint density at radius 3 is 1.58 bits per heavy atom. The standard InChI is InChI=1S/C7H10N2.C5H7BrN2.2CH4/c1-4-7-8-5(2)6(3)9-7;1-3-4(2)8-5(6)7-3;;/h4H,1H2,2-3H3,(H,8,9);1-2H3,(H,7,8);2*1H4. The fourth-order valence-electron chi connectivity index (χ4n) is 1.18. The van der Waals surface area contributed by atoms with Crippen LogP contribution in [0.15, 0.2) is 11.3 Å².